The molecule has 1 unspecified atom stereocenters. The SMILES string of the molecule is CS(=O)(=O)N1CCc2c(c(-c3ccc(CF)c(CNC(=O)Oc4ccccc4)c3)nn2CC(O)CN2CCC3(CCNC3=O)CC2)C1. The van der Waals surface area contributed by atoms with Gasteiger partial charge in [-0.15, -0.1) is 0 Å². The molecule has 3 aliphatic rings. The topological polar surface area (TPSA) is 146 Å². The zero-order valence-electron chi connectivity index (χ0n) is 26.5. The zero-order valence-corrected chi connectivity index (χ0v) is 27.3. The molecule has 12 nitrogen and oxygen atoms in total. The zero-order chi connectivity index (χ0) is 33.2. The number of piperidine rings is 1. The Morgan fingerprint density at radius 1 is 1.11 bits per heavy atom. The minimum absolute atomic E-state index is 0.00855. The third-order valence-electron chi connectivity index (χ3n) is 9.61. The Labute approximate surface area is 273 Å². The number of alkyl halides is 1. The predicted molar refractivity (Wildman–Crippen MR) is 172 cm³/mol. The highest BCUT2D eigenvalue weighted by atomic mass is 32.2. The van der Waals surface area contributed by atoms with E-state index in [4.69, 9.17) is 9.84 Å². The van der Waals surface area contributed by atoms with Gasteiger partial charge in [-0.05, 0) is 61.7 Å². The number of nitrogens with zero attached hydrogens (tertiary/aromatic N) is 4. The molecule has 1 aromatic heterocycles. The van der Waals surface area contributed by atoms with Crippen molar-refractivity contribution in [3.8, 4) is 17.0 Å². The molecule has 3 N–H and O–H groups in total. The van der Waals surface area contributed by atoms with Crippen LogP contribution >= 0.6 is 0 Å². The summed E-state index contributed by atoms with van der Waals surface area (Å²) in [6, 6.07) is 13.7. The monoisotopic (exact) mass is 668 g/mol. The minimum Gasteiger partial charge on any atom is -0.410 e. The molecular formula is C33H41FN6O6S. The van der Waals surface area contributed by atoms with Gasteiger partial charge in [0.2, 0.25) is 15.9 Å². The molecule has 4 heterocycles. The number of benzene rings is 2. The van der Waals surface area contributed by atoms with Crippen molar-refractivity contribution in [3.63, 3.8) is 0 Å². The van der Waals surface area contributed by atoms with Crippen molar-refractivity contribution in [2.24, 2.45) is 5.41 Å². The second-order valence-electron chi connectivity index (χ2n) is 12.7. The third-order valence-corrected chi connectivity index (χ3v) is 10.9. The highest BCUT2D eigenvalue weighted by Crippen LogP contribution is 2.38. The number of likely N-dealkylation sites (tertiary alicyclic amines) is 1. The molecule has 0 saturated carbocycles. The van der Waals surface area contributed by atoms with Crippen LogP contribution in [0.2, 0.25) is 0 Å². The van der Waals surface area contributed by atoms with E-state index in [0.717, 1.165) is 50.2 Å². The maximum atomic E-state index is 14.0. The second kappa shape index (κ2) is 13.7. The Kier molecular flexibility index (Phi) is 9.65. The number of aliphatic hydroxyl groups is 1. The summed E-state index contributed by atoms with van der Waals surface area (Å²) in [4.78, 5) is 27.0. The lowest BCUT2D eigenvalue weighted by molar-refractivity contribution is -0.130. The first-order chi connectivity index (χ1) is 22.5. The number of amides is 2. The van der Waals surface area contributed by atoms with Crippen molar-refractivity contribution in [2.45, 2.75) is 58.1 Å². The molecule has 2 aromatic carbocycles. The van der Waals surface area contributed by atoms with Gasteiger partial charge in [-0.3, -0.25) is 9.48 Å². The van der Waals surface area contributed by atoms with Gasteiger partial charge < -0.3 is 25.4 Å². The van der Waals surface area contributed by atoms with Crippen LogP contribution in [0.15, 0.2) is 48.5 Å². The summed E-state index contributed by atoms with van der Waals surface area (Å²) in [6.07, 6.45) is 2.58. The number of nitrogens with one attached hydrogen (secondary N) is 2. The number of ether oxygens (including phenoxy) is 1. The number of para-hydroxylation sites is 1. The highest BCUT2D eigenvalue weighted by Gasteiger charge is 2.44. The van der Waals surface area contributed by atoms with Crippen LogP contribution in [0.5, 0.6) is 5.75 Å². The van der Waals surface area contributed by atoms with Gasteiger partial charge in [-0.2, -0.15) is 9.40 Å². The van der Waals surface area contributed by atoms with E-state index in [1.54, 1.807) is 53.2 Å². The number of β-amino-alcohol motifs (C(OH)–C–C–N with tert-alkyl or cyclic N) is 1. The van der Waals surface area contributed by atoms with E-state index in [-0.39, 0.29) is 31.0 Å². The summed E-state index contributed by atoms with van der Waals surface area (Å²) < 4.78 is 47.5. The number of halogens is 1. The van der Waals surface area contributed by atoms with Gasteiger partial charge in [-0.1, -0.05) is 30.3 Å². The molecule has 1 spiro atoms. The summed E-state index contributed by atoms with van der Waals surface area (Å²) in [6.45, 7) is 2.51. The Balaban J connectivity index is 1.21. The number of carbonyl (C=O) groups excluding carboxylic acids is 2. The number of sulfonamides is 1. The Morgan fingerprint density at radius 3 is 2.55 bits per heavy atom. The van der Waals surface area contributed by atoms with Crippen LogP contribution in [0.4, 0.5) is 9.18 Å². The average Bonchev–Trinajstić information content (AvgIpc) is 3.60. The number of carbonyl (C=O) groups is 2. The number of aliphatic hydroxyl groups excluding tert-OH is 1. The number of fused-ring (bicyclic) bond motifs is 1. The number of aromatic nitrogens is 2. The maximum Gasteiger partial charge on any atom is 0.412 e. The van der Waals surface area contributed by atoms with E-state index in [1.807, 2.05) is 0 Å². The molecule has 0 aliphatic carbocycles. The third kappa shape index (κ3) is 7.35. The molecule has 0 bridgehead atoms. The normalized spacial score (nSPS) is 18.9. The summed E-state index contributed by atoms with van der Waals surface area (Å²) in [5, 5.41) is 21.7. The van der Waals surface area contributed by atoms with Crippen molar-refractivity contribution in [1.29, 1.82) is 0 Å². The van der Waals surface area contributed by atoms with E-state index in [0.29, 0.717) is 47.6 Å². The molecule has 6 rings (SSSR count). The van der Waals surface area contributed by atoms with Crippen LogP contribution in [0, 0.1) is 5.41 Å². The number of rotatable bonds is 10. The molecule has 2 amide bonds. The van der Waals surface area contributed by atoms with E-state index >= 15 is 0 Å². The number of hydrogen-bond acceptors (Lipinski definition) is 8. The molecule has 252 valence electrons. The summed E-state index contributed by atoms with van der Waals surface area (Å²) in [5.41, 5.74) is 3.42. The van der Waals surface area contributed by atoms with Crippen LogP contribution in [0.25, 0.3) is 11.3 Å². The fraction of sp³-hybridized carbons (Fsp3) is 0.485. The van der Waals surface area contributed by atoms with Crippen molar-refractivity contribution in [1.82, 2.24) is 29.6 Å². The van der Waals surface area contributed by atoms with Crippen molar-refractivity contribution < 1.29 is 32.2 Å². The fourth-order valence-electron chi connectivity index (χ4n) is 6.91. The highest BCUT2D eigenvalue weighted by molar-refractivity contribution is 7.88. The first kappa shape index (κ1) is 33.1. The smallest absolute Gasteiger partial charge is 0.410 e. The largest absolute Gasteiger partial charge is 0.412 e. The molecule has 14 heteroatoms. The van der Waals surface area contributed by atoms with Crippen LogP contribution < -0.4 is 15.4 Å². The molecule has 0 radical (unpaired) electrons. The Hall–Kier alpha value is -3.85. The molecule has 47 heavy (non-hydrogen) atoms. The van der Waals surface area contributed by atoms with E-state index in [1.165, 1.54) is 10.6 Å². The van der Waals surface area contributed by atoms with Crippen molar-refractivity contribution in [2.75, 3.05) is 39.0 Å². The molecule has 2 saturated heterocycles. The fourth-order valence-corrected chi connectivity index (χ4v) is 7.70. The van der Waals surface area contributed by atoms with Gasteiger partial charge in [0.15, 0.2) is 0 Å². The lowest BCUT2D eigenvalue weighted by Crippen LogP contribution is -2.46. The lowest BCUT2D eigenvalue weighted by Gasteiger charge is -2.38. The molecule has 3 aromatic rings. The Bertz CT molecular complexity index is 1720. The van der Waals surface area contributed by atoms with E-state index in [2.05, 4.69) is 15.5 Å². The minimum atomic E-state index is -3.48. The van der Waals surface area contributed by atoms with Gasteiger partial charge in [0.05, 0.1) is 30.0 Å². The molecule has 3 aliphatic heterocycles. The van der Waals surface area contributed by atoms with Gasteiger partial charge in [-0.25, -0.2) is 17.6 Å². The summed E-state index contributed by atoms with van der Waals surface area (Å²) in [5.74, 6) is 0.520. The molecule has 1 atom stereocenters. The standard InChI is InChI=1S/C33H41FN6O6S/c1-47(44,45)39-14-9-29-28(22-39)30(37-40(29)21-26(41)20-38-15-11-33(12-16-38)10-13-35-31(33)42)23-7-8-24(18-34)25(17-23)19-36-32(43)46-27-5-3-2-4-6-27/h2-8,17,26,41H,9-16,18-22H2,1H3,(H,35,42)(H,36,43). The maximum absolute atomic E-state index is 14.0. The second-order valence-corrected chi connectivity index (χ2v) is 14.7. The van der Waals surface area contributed by atoms with Crippen LogP contribution in [-0.2, 0) is 47.5 Å². The first-order valence-electron chi connectivity index (χ1n) is 16.0. The molecular weight excluding hydrogens is 627 g/mol. The van der Waals surface area contributed by atoms with Gasteiger partial charge >= 0.3 is 6.09 Å². The first-order valence-corrected chi connectivity index (χ1v) is 17.8. The quantitative estimate of drug-likeness (QED) is 0.299. The van der Waals surface area contributed by atoms with Gasteiger partial charge in [0.25, 0.3) is 0 Å². The van der Waals surface area contributed by atoms with Gasteiger partial charge in [0.1, 0.15) is 12.4 Å². The van der Waals surface area contributed by atoms with E-state index in [9.17, 15) is 27.5 Å². The Morgan fingerprint density at radius 2 is 1.87 bits per heavy atom. The van der Waals surface area contributed by atoms with Crippen LogP contribution in [0.1, 0.15) is 41.6 Å². The van der Waals surface area contributed by atoms with Crippen molar-refractivity contribution >= 4 is 22.0 Å². The lowest BCUT2D eigenvalue weighted by atomic mass is 9.77. The number of hydrogen-bond donors (Lipinski definition) is 3. The molecule has 2 fully saturated rings. The van der Waals surface area contributed by atoms with Gasteiger partial charge in [0, 0.05) is 56.0 Å². The van der Waals surface area contributed by atoms with E-state index < -0.39 is 28.9 Å². The van der Waals surface area contributed by atoms with Crippen molar-refractivity contribution in [3.05, 3.63) is 70.9 Å². The average molecular weight is 669 g/mol. The predicted octanol–water partition coefficient (Wildman–Crippen LogP) is 2.59. The van der Waals surface area contributed by atoms with Crippen LogP contribution in [-0.4, -0.2) is 89.6 Å². The summed E-state index contributed by atoms with van der Waals surface area (Å²) in [7, 11) is -3.48. The summed E-state index contributed by atoms with van der Waals surface area (Å²) >= 11 is 0. The van der Waals surface area contributed by atoms with Crippen LogP contribution in [0.3, 0.4) is 0 Å².